The number of aromatic nitrogens is 2. The molecule has 1 aliphatic rings. The third-order valence-corrected chi connectivity index (χ3v) is 3.81. The number of rotatable bonds is 2. The van der Waals surface area contributed by atoms with E-state index in [1.54, 1.807) is 0 Å². The van der Waals surface area contributed by atoms with Crippen LogP contribution in [0.25, 0.3) is 11.3 Å². The average Bonchev–Trinajstić information content (AvgIpc) is 2.51. The Hall–Kier alpha value is -1.85. The molecule has 0 aliphatic carbocycles. The van der Waals surface area contributed by atoms with Gasteiger partial charge in [-0.15, -0.1) is 0 Å². The number of nitrogens with zero attached hydrogens (tertiary/aromatic N) is 3. The molecule has 0 amide bonds. The Bertz CT molecular complexity index is 656. The zero-order valence-corrected chi connectivity index (χ0v) is 12.6. The van der Waals surface area contributed by atoms with Crippen molar-refractivity contribution in [2.24, 2.45) is 0 Å². The molecule has 1 fully saturated rings. The summed E-state index contributed by atoms with van der Waals surface area (Å²) in [4.78, 5) is 11.1. The van der Waals surface area contributed by atoms with Crippen molar-refractivity contribution in [2.45, 2.75) is 6.92 Å². The molecule has 1 saturated heterocycles. The highest BCUT2D eigenvalue weighted by Crippen LogP contribution is 2.35. The lowest BCUT2D eigenvalue weighted by Gasteiger charge is -2.29. The fraction of sp³-hybridized carbons (Fsp3) is 0.333. The van der Waals surface area contributed by atoms with E-state index in [0.29, 0.717) is 35.4 Å². The van der Waals surface area contributed by atoms with Gasteiger partial charge in [0.2, 0.25) is 0 Å². The number of aryl methyl sites for hydroxylation is 1. The molecule has 5 nitrogen and oxygen atoms in total. The largest absolute Gasteiger partial charge is 0.394 e. The highest BCUT2D eigenvalue weighted by molar-refractivity contribution is 6.33. The molecule has 0 atom stereocenters. The van der Waals surface area contributed by atoms with Gasteiger partial charge in [-0.25, -0.2) is 9.97 Å². The third-order valence-electron chi connectivity index (χ3n) is 3.48. The van der Waals surface area contributed by atoms with Gasteiger partial charge in [0.05, 0.1) is 18.2 Å². The molecule has 0 radical (unpaired) electrons. The first-order valence-electron chi connectivity index (χ1n) is 6.88. The van der Waals surface area contributed by atoms with Gasteiger partial charge in [0.1, 0.15) is 17.2 Å². The molecule has 21 heavy (non-hydrogen) atoms. The van der Waals surface area contributed by atoms with E-state index in [2.05, 4.69) is 14.9 Å². The van der Waals surface area contributed by atoms with Gasteiger partial charge >= 0.3 is 0 Å². The number of benzene rings is 1. The van der Waals surface area contributed by atoms with Crippen LogP contribution in [0.5, 0.6) is 0 Å². The molecule has 1 aliphatic heterocycles. The standard InChI is InChI=1S/C15H17ClN4O/c1-10-18-14(11-4-2-3-5-12(11)16)13(17)15(19-10)20-6-8-21-9-7-20/h2-5H,6-9,17H2,1H3. The number of anilines is 2. The minimum absolute atomic E-state index is 0.565. The fourth-order valence-electron chi connectivity index (χ4n) is 2.44. The molecule has 6 heteroatoms. The quantitative estimate of drug-likeness (QED) is 0.923. The van der Waals surface area contributed by atoms with Crippen molar-refractivity contribution in [3.8, 4) is 11.3 Å². The zero-order chi connectivity index (χ0) is 14.8. The lowest BCUT2D eigenvalue weighted by atomic mass is 10.1. The van der Waals surface area contributed by atoms with Gasteiger partial charge in [-0.2, -0.15) is 0 Å². The van der Waals surface area contributed by atoms with Crippen LogP contribution in [-0.4, -0.2) is 36.3 Å². The molecule has 3 rings (SSSR count). The van der Waals surface area contributed by atoms with Crippen molar-refractivity contribution < 1.29 is 4.74 Å². The van der Waals surface area contributed by atoms with Crippen LogP contribution in [0.15, 0.2) is 24.3 Å². The van der Waals surface area contributed by atoms with E-state index in [1.165, 1.54) is 0 Å². The van der Waals surface area contributed by atoms with Gasteiger partial charge in [-0.1, -0.05) is 29.8 Å². The first-order valence-corrected chi connectivity index (χ1v) is 7.26. The number of morpholine rings is 1. The summed E-state index contributed by atoms with van der Waals surface area (Å²) < 4.78 is 5.38. The molecule has 1 aromatic heterocycles. The van der Waals surface area contributed by atoms with Gasteiger partial charge in [0.15, 0.2) is 5.82 Å². The topological polar surface area (TPSA) is 64.3 Å². The van der Waals surface area contributed by atoms with Crippen LogP contribution in [0, 0.1) is 6.92 Å². The highest BCUT2D eigenvalue weighted by Gasteiger charge is 2.20. The van der Waals surface area contributed by atoms with Crippen LogP contribution in [-0.2, 0) is 4.74 Å². The van der Waals surface area contributed by atoms with Crippen molar-refractivity contribution in [1.29, 1.82) is 0 Å². The third kappa shape index (κ3) is 2.80. The van der Waals surface area contributed by atoms with Gasteiger partial charge in [0, 0.05) is 18.7 Å². The summed E-state index contributed by atoms with van der Waals surface area (Å²) in [7, 11) is 0. The van der Waals surface area contributed by atoms with Crippen LogP contribution >= 0.6 is 11.6 Å². The summed E-state index contributed by atoms with van der Waals surface area (Å²) in [6.07, 6.45) is 0. The molecular formula is C15H17ClN4O. The van der Waals surface area contributed by atoms with E-state index in [-0.39, 0.29) is 0 Å². The summed E-state index contributed by atoms with van der Waals surface area (Å²) in [5.41, 5.74) is 8.40. The maximum absolute atomic E-state index is 6.32. The maximum Gasteiger partial charge on any atom is 0.156 e. The minimum Gasteiger partial charge on any atom is -0.394 e. The summed E-state index contributed by atoms with van der Waals surface area (Å²) in [6, 6.07) is 7.57. The van der Waals surface area contributed by atoms with Crippen LogP contribution in [0.1, 0.15) is 5.82 Å². The monoisotopic (exact) mass is 304 g/mol. The maximum atomic E-state index is 6.32. The number of hydrogen-bond acceptors (Lipinski definition) is 5. The predicted molar refractivity (Wildman–Crippen MR) is 84.7 cm³/mol. The molecule has 0 unspecified atom stereocenters. The van der Waals surface area contributed by atoms with Gasteiger partial charge < -0.3 is 15.4 Å². The van der Waals surface area contributed by atoms with E-state index < -0.39 is 0 Å². The van der Waals surface area contributed by atoms with Crippen LogP contribution in [0.3, 0.4) is 0 Å². The SMILES string of the molecule is Cc1nc(-c2ccccc2Cl)c(N)c(N2CCOCC2)n1. The Kier molecular flexibility index (Phi) is 3.94. The van der Waals surface area contributed by atoms with Crippen LogP contribution in [0.4, 0.5) is 11.5 Å². The molecule has 0 saturated carbocycles. The Labute approximate surface area is 128 Å². The normalized spacial score (nSPS) is 15.2. The molecule has 2 heterocycles. The second kappa shape index (κ2) is 5.87. The zero-order valence-electron chi connectivity index (χ0n) is 11.8. The van der Waals surface area contributed by atoms with Crippen molar-refractivity contribution >= 4 is 23.1 Å². The molecule has 1 aromatic carbocycles. The predicted octanol–water partition coefficient (Wildman–Crippen LogP) is 2.52. The van der Waals surface area contributed by atoms with E-state index in [1.807, 2.05) is 31.2 Å². The first kappa shape index (κ1) is 14.1. The van der Waals surface area contributed by atoms with Gasteiger partial charge in [-0.05, 0) is 13.0 Å². The van der Waals surface area contributed by atoms with E-state index in [4.69, 9.17) is 22.1 Å². The number of ether oxygens (including phenoxy) is 1. The highest BCUT2D eigenvalue weighted by atomic mass is 35.5. The smallest absolute Gasteiger partial charge is 0.156 e. The lowest BCUT2D eigenvalue weighted by molar-refractivity contribution is 0.122. The Morgan fingerprint density at radius 2 is 1.90 bits per heavy atom. The number of nitrogen functional groups attached to an aromatic ring is 1. The molecule has 0 spiro atoms. The second-order valence-corrected chi connectivity index (χ2v) is 5.34. The number of halogens is 1. The van der Waals surface area contributed by atoms with E-state index in [9.17, 15) is 0 Å². The summed E-state index contributed by atoms with van der Waals surface area (Å²) >= 11 is 6.27. The molecule has 2 N–H and O–H groups in total. The summed E-state index contributed by atoms with van der Waals surface area (Å²) in [5, 5.41) is 0.634. The Morgan fingerprint density at radius 3 is 2.62 bits per heavy atom. The van der Waals surface area contributed by atoms with Crippen LogP contribution in [0.2, 0.25) is 5.02 Å². The molecule has 0 bridgehead atoms. The Balaban J connectivity index is 2.10. The molecule has 110 valence electrons. The second-order valence-electron chi connectivity index (χ2n) is 4.94. The molecular weight excluding hydrogens is 288 g/mol. The lowest BCUT2D eigenvalue weighted by Crippen LogP contribution is -2.37. The van der Waals surface area contributed by atoms with Gasteiger partial charge in [-0.3, -0.25) is 0 Å². The van der Waals surface area contributed by atoms with E-state index in [0.717, 1.165) is 24.5 Å². The molecule has 2 aromatic rings. The minimum atomic E-state index is 0.565. The number of nitrogens with two attached hydrogens (primary N) is 1. The van der Waals surface area contributed by atoms with Gasteiger partial charge in [0.25, 0.3) is 0 Å². The fourth-order valence-corrected chi connectivity index (χ4v) is 2.67. The van der Waals surface area contributed by atoms with E-state index >= 15 is 0 Å². The first-order chi connectivity index (χ1) is 10.2. The van der Waals surface area contributed by atoms with Crippen molar-refractivity contribution in [3.63, 3.8) is 0 Å². The number of hydrogen-bond donors (Lipinski definition) is 1. The van der Waals surface area contributed by atoms with Crippen molar-refractivity contribution in [1.82, 2.24) is 9.97 Å². The van der Waals surface area contributed by atoms with Crippen molar-refractivity contribution in [2.75, 3.05) is 36.9 Å². The Morgan fingerprint density at radius 1 is 1.19 bits per heavy atom. The average molecular weight is 305 g/mol. The summed E-state index contributed by atoms with van der Waals surface area (Å²) in [6.45, 7) is 4.79. The van der Waals surface area contributed by atoms with Crippen LogP contribution < -0.4 is 10.6 Å². The summed E-state index contributed by atoms with van der Waals surface area (Å²) in [5.74, 6) is 1.45. The van der Waals surface area contributed by atoms with Crippen molar-refractivity contribution in [3.05, 3.63) is 35.1 Å².